The molecule has 1 aromatic heterocycles. The van der Waals surface area contributed by atoms with Gasteiger partial charge in [0, 0.05) is 15.7 Å². The molecule has 0 saturated carbocycles. The average Bonchev–Trinajstić information content (AvgIpc) is 2.86. The van der Waals surface area contributed by atoms with E-state index in [2.05, 4.69) is 34.6 Å². The van der Waals surface area contributed by atoms with Gasteiger partial charge in [0.1, 0.15) is 0 Å². The highest BCUT2D eigenvalue weighted by molar-refractivity contribution is 8.14. The first-order chi connectivity index (χ1) is 9.70. The first-order valence-electron chi connectivity index (χ1n) is 6.07. The van der Waals surface area contributed by atoms with Crippen molar-refractivity contribution in [2.24, 2.45) is 10.1 Å². The second-order valence-corrected chi connectivity index (χ2v) is 6.95. The fourth-order valence-electron chi connectivity index (χ4n) is 1.75. The smallest absolute Gasteiger partial charge is 0.182 e. The zero-order valence-corrected chi connectivity index (χ0v) is 13.1. The minimum absolute atomic E-state index is 0.686. The minimum atomic E-state index is 0.686. The van der Waals surface area contributed by atoms with E-state index in [0.717, 1.165) is 22.3 Å². The number of aryl methyl sites for hydroxylation is 1. The lowest BCUT2D eigenvalue weighted by Crippen LogP contribution is -2.24. The number of hydrogen-bond donors (Lipinski definition) is 1. The maximum absolute atomic E-state index is 5.95. The van der Waals surface area contributed by atoms with Crippen molar-refractivity contribution in [3.63, 3.8) is 0 Å². The van der Waals surface area contributed by atoms with Crippen LogP contribution < -0.4 is 5.43 Å². The molecule has 0 saturated heterocycles. The van der Waals surface area contributed by atoms with Crippen LogP contribution in [0.5, 0.6) is 0 Å². The summed E-state index contributed by atoms with van der Waals surface area (Å²) in [5.74, 6) is 0.826. The highest BCUT2D eigenvalue weighted by Gasteiger charge is 2.14. The van der Waals surface area contributed by atoms with Gasteiger partial charge in [-0.15, -0.1) is 11.3 Å². The summed E-state index contributed by atoms with van der Waals surface area (Å²) >= 11 is 9.35. The number of hydrazone groups is 1. The number of halogens is 1. The van der Waals surface area contributed by atoms with Gasteiger partial charge >= 0.3 is 0 Å². The standard InChI is InChI=1S/C14H12ClN3S2/c1-9-5-6-13(20-9)12-8-19-14(18-17-12)16-11-4-2-3-10(15)7-11/h2-7H,8H2,1H3,(H,16,18). The van der Waals surface area contributed by atoms with Gasteiger partial charge in [0.2, 0.25) is 0 Å². The number of thiophene rings is 1. The van der Waals surface area contributed by atoms with Gasteiger partial charge in [-0.1, -0.05) is 29.4 Å². The van der Waals surface area contributed by atoms with Crippen molar-refractivity contribution in [1.82, 2.24) is 5.43 Å². The van der Waals surface area contributed by atoms with Crippen LogP contribution in [0.4, 0.5) is 5.69 Å². The third-order valence-electron chi connectivity index (χ3n) is 2.70. The maximum Gasteiger partial charge on any atom is 0.182 e. The molecule has 0 atom stereocenters. The number of thioether (sulfide) groups is 1. The van der Waals surface area contributed by atoms with Crippen molar-refractivity contribution < 1.29 is 0 Å². The molecule has 1 N–H and O–H groups in total. The van der Waals surface area contributed by atoms with Gasteiger partial charge in [-0.05, 0) is 37.3 Å². The van der Waals surface area contributed by atoms with Crippen molar-refractivity contribution in [3.05, 3.63) is 51.2 Å². The summed E-state index contributed by atoms with van der Waals surface area (Å²) in [5.41, 5.74) is 4.91. The highest BCUT2D eigenvalue weighted by Crippen LogP contribution is 2.23. The molecule has 0 aliphatic carbocycles. The van der Waals surface area contributed by atoms with Gasteiger partial charge in [0.15, 0.2) is 5.17 Å². The second-order valence-electron chi connectivity index (χ2n) is 4.27. The number of aliphatic imine (C=N–C) groups is 1. The number of nitrogens with one attached hydrogen (secondary N) is 1. The second kappa shape index (κ2) is 5.99. The van der Waals surface area contributed by atoms with Crippen molar-refractivity contribution in [2.45, 2.75) is 6.92 Å². The zero-order valence-electron chi connectivity index (χ0n) is 10.8. The van der Waals surface area contributed by atoms with E-state index in [1.807, 2.05) is 24.3 Å². The summed E-state index contributed by atoms with van der Waals surface area (Å²) < 4.78 is 0. The molecule has 0 spiro atoms. The molecule has 2 aromatic rings. The molecule has 20 heavy (non-hydrogen) atoms. The van der Waals surface area contributed by atoms with Crippen molar-refractivity contribution >= 4 is 51.3 Å². The van der Waals surface area contributed by atoms with Crippen LogP contribution in [0.1, 0.15) is 9.75 Å². The van der Waals surface area contributed by atoms with E-state index in [-0.39, 0.29) is 0 Å². The number of benzene rings is 1. The topological polar surface area (TPSA) is 36.8 Å². The summed E-state index contributed by atoms with van der Waals surface area (Å²) in [6.45, 7) is 2.10. The Labute approximate surface area is 130 Å². The quantitative estimate of drug-likeness (QED) is 0.888. The lowest BCUT2D eigenvalue weighted by molar-refractivity contribution is 1.04. The lowest BCUT2D eigenvalue weighted by Gasteiger charge is -2.13. The molecule has 0 fully saturated rings. The molecule has 3 nitrogen and oxygen atoms in total. The minimum Gasteiger partial charge on any atom is -0.255 e. The normalized spacial score (nSPS) is 16.9. The predicted octanol–water partition coefficient (Wildman–Crippen LogP) is 4.44. The first kappa shape index (κ1) is 13.7. The van der Waals surface area contributed by atoms with E-state index >= 15 is 0 Å². The van der Waals surface area contributed by atoms with Gasteiger partial charge in [0.05, 0.1) is 16.3 Å². The van der Waals surface area contributed by atoms with E-state index in [1.54, 1.807) is 23.1 Å². The van der Waals surface area contributed by atoms with E-state index in [4.69, 9.17) is 11.6 Å². The molecule has 1 aromatic carbocycles. The lowest BCUT2D eigenvalue weighted by atomic mass is 10.3. The Morgan fingerprint density at radius 1 is 1.30 bits per heavy atom. The molecule has 0 bridgehead atoms. The summed E-state index contributed by atoms with van der Waals surface area (Å²) in [6, 6.07) is 11.7. The van der Waals surface area contributed by atoms with Crippen molar-refractivity contribution in [3.8, 4) is 0 Å². The fraction of sp³-hybridized carbons (Fsp3) is 0.143. The third-order valence-corrected chi connectivity index (χ3v) is 4.85. The van der Waals surface area contributed by atoms with Crippen molar-refractivity contribution in [1.29, 1.82) is 0 Å². The van der Waals surface area contributed by atoms with E-state index < -0.39 is 0 Å². The molecule has 0 amide bonds. The van der Waals surface area contributed by atoms with Gasteiger partial charge in [-0.2, -0.15) is 5.10 Å². The van der Waals surface area contributed by atoms with Gasteiger partial charge in [-0.3, -0.25) is 5.43 Å². The average molecular weight is 322 g/mol. The Morgan fingerprint density at radius 3 is 2.85 bits per heavy atom. The fourth-order valence-corrected chi connectivity index (χ4v) is 3.66. The van der Waals surface area contributed by atoms with Gasteiger partial charge in [-0.25, -0.2) is 4.99 Å². The summed E-state index contributed by atoms with van der Waals surface area (Å²) in [5, 5.41) is 5.89. The highest BCUT2D eigenvalue weighted by atomic mass is 35.5. The molecule has 102 valence electrons. The van der Waals surface area contributed by atoms with E-state index in [0.29, 0.717) is 5.02 Å². The Balaban J connectivity index is 1.76. The Morgan fingerprint density at radius 2 is 2.20 bits per heavy atom. The first-order valence-corrected chi connectivity index (χ1v) is 8.25. The molecule has 3 rings (SSSR count). The van der Waals surface area contributed by atoms with Crippen LogP contribution in [0.15, 0.2) is 46.5 Å². The molecule has 6 heteroatoms. The molecular formula is C14H12ClN3S2. The Bertz CT molecular complexity index is 691. The van der Waals surface area contributed by atoms with Crippen LogP contribution in [0.25, 0.3) is 0 Å². The molecular weight excluding hydrogens is 310 g/mol. The number of hydrogen-bond acceptors (Lipinski definition) is 4. The molecule has 1 aliphatic rings. The number of amidine groups is 1. The molecule has 0 unspecified atom stereocenters. The SMILES string of the molecule is Cc1ccc(C2=NNC(=Nc3cccc(Cl)c3)SC2)s1. The van der Waals surface area contributed by atoms with Crippen LogP contribution in [-0.4, -0.2) is 16.6 Å². The number of rotatable bonds is 2. The Kier molecular flexibility index (Phi) is 4.10. The van der Waals surface area contributed by atoms with Crippen molar-refractivity contribution in [2.75, 3.05) is 5.75 Å². The summed E-state index contributed by atoms with van der Waals surface area (Å²) in [7, 11) is 0. The van der Waals surface area contributed by atoms with E-state index in [9.17, 15) is 0 Å². The van der Waals surface area contributed by atoms with E-state index in [1.165, 1.54) is 9.75 Å². The maximum atomic E-state index is 5.95. The van der Waals surface area contributed by atoms with Gasteiger partial charge < -0.3 is 0 Å². The zero-order chi connectivity index (χ0) is 13.9. The number of nitrogens with zero attached hydrogens (tertiary/aromatic N) is 2. The predicted molar refractivity (Wildman–Crippen MR) is 89.7 cm³/mol. The molecule has 0 radical (unpaired) electrons. The monoisotopic (exact) mass is 321 g/mol. The Hall–Kier alpha value is -1.30. The molecule has 1 aliphatic heterocycles. The summed E-state index contributed by atoms with van der Waals surface area (Å²) in [4.78, 5) is 7.00. The van der Waals surface area contributed by atoms with Crippen LogP contribution >= 0.6 is 34.7 Å². The van der Waals surface area contributed by atoms with Crippen LogP contribution in [0, 0.1) is 6.92 Å². The summed E-state index contributed by atoms with van der Waals surface area (Å²) in [6.07, 6.45) is 0. The third kappa shape index (κ3) is 3.23. The van der Waals surface area contributed by atoms with Crippen LogP contribution in [0.2, 0.25) is 5.02 Å². The van der Waals surface area contributed by atoms with Crippen LogP contribution in [-0.2, 0) is 0 Å². The largest absolute Gasteiger partial charge is 0.255 e. The molecule has 2 heterocycles. The van der Waals surface area contributed by atoms with Gasteiger partial charge in [0.25, 0.3) is 0 Å². The van der Waals surface area contributed by atoms with Crippen LogP contribution in [0.3, 0.4) is 0 Å².